The molecule has 2 N–H and O–H groups in total. The first-order chi connectivity index (χ1) is 8.27. The zero-order valence-electron chi connectivity index (χ0n) is 9.83. The maximum atomic E-state index is 10.0. The number of morpholine rings is 1. The maximum Gasteiger partial charge on any atom is 0.110 e. The molecule has 2 atom stereocenters. The van der Waals surface area contributed by atoms with Crippen LogP contribution in [0.2, 0.25) is 0 Å². The fraction of sp³-hybridized carbons (Fsp3) is 0.538. The molecular formula is C13H19NO3. The summed E-state index contributed by atoms with van der Waals surface area (Å²) in [6.07, 6.45) is -0.882. The van der Waals surface area contributed by atoms with Crippen molar-refractivity contribution in [3.63, 3.8) is 0 Å². The zero-order valence-corrected chi connectivity index (χ0v) is 9.83. The Morgan fingerprint density at radius 1 is 1.12 bits per heavy atom. The lowest BCUT2D eigenvalue weighted by Crippen LogP contribution is -2.44. The van der Waals surface area contributed by atoms with E-state index in [1.54, 1.807) is 0 Å². The van der Waals surface area contributed by atoms with Gasteiger partial charge < -0.3 is 14.9 Å². The molecule has 2 unspecified atom stereocenters. The molecule has 1 aliphatic heterocycles. The van der Waals surface area contributed by atoms with Crippen LogP contribution in [0.4, 0.5) is 0 Å². The number of hydrogen-bond donors (Lipinski definition) is 2. The average molecular weight is 237 g/mol. The van der Waals surface area contributed by atoms with Gasteiger partial charge in [0.25, 0.3) is 0 Å². The molecule has 1 aromatic carbocycles. The smallest absolute Gasteiger partial charge is 0.110 e. The molecule has 4 heteroatoms. The number of nitrogens with zero attached hydrogens (tertiary/aromatic N) is 1. The summed E-state index contributed by atoms with van der Waals surface area (Å²) < 4.78 is 5.22. The van der Waals surface area contributed by atoms with Crippen molar-refractivity contribution in [3.05, 3.63) is 35.9 Å². The summed E-state index contributed by atoms with van der Waals surface area (Å²) in [6.45, 7) is 2.75. The minimum Gasteiger partial charge on any atom is -0.388 e. The summed E-state index contributed by atoms with van der Waals surface area (Å²) in [7, 11) is 0. The van der Waals surface area contributed by atoms with Crippen molar-refractivity contribution >= 4 is 0 Å². The lowest BCUT2D eigenvalue weighted by Gasteiger charge is -2.32. The van der Waals surface area contributed by atoms with E-state index >= 15 is 0 Å². The molecule has 1 heterocycles. The summed E-state index contributed by atoms with van der Waals surface area (Å²) in [4.78, 5) is 1.94. The second-order valence-electron chi connectivity index (χ2n) is 4.29. The van der Waals surface area contributed by atoms with E-state index in [9.17, 15) is 10.2 Å². The Morgan fingerprint density at radius 2 is 1.76 bits per heavy atom. The highest BCUT2D eigenvalue weighted by Crippen LogP contribution is 2.19. The summed E-state index contributed by atoms with van der Waals surface area (Å²) in [5, 5.41) is 20.0. The summed E-state index contributed by atoms with van der Waals surface area (Å²) in [5.41, 5.74) is 0.847. The van der Waals surface area contributed by atoms with Crippen molar-refractivity contribution in [2.24, 2.45) is 0 Å². The highest BCUT2D eigenvalue weighted by Gasteiger charge is 2.21. The van der Waals surface area contributed by atoms with Gasteiger partial charge in [-0.3, -0.25) is 4.90 Å². The number of ether oxygens (including phenoxy) is 1. The molecule has 1 fully saturated rings. The maximum absolute atomic E-state index is 10.0. The molecule has 2 rings (SSSR count). The number of benzene rings is 1. The van der Waals surface area contributed by atoms with Crippen LogP contribution in [-0.2, 0) is 4.74 Å². The van der Waals surface area contributed by atoms with Crippen LogP contribution in [0.3, 0.4) is 0 Å². The third-order valence-electron chi connectivity index (χ3n) is 3.09. The zero-order chi connectivity index (χ0) is 12.1. The van der Waals surface area contributed by atoms with Crippen LogP contribution in [0, 0.1) is 0 Å². The third kappa shape index (κ3) is 3.51. The van der Waals surface area contributed by atoms with Crippen molar-refractivity contribution in [1.29, 1.82) is 0 Å². The molecule has 4 nitrogen and oxygen atoms in total. The molecule has 1 aromatic rings. The topological polar surface area (TPSA) is 52.9 Å². The number of hydrogen-bond acceptors (Lipinski definition) is 4. The van der Waals surface area contributed by atoms with Gasteiger partial charge in [0.15, 0.2) is 0 Å². The van der Waals surface area contributed by atoms with Crippen LogP contribution in [0.25, 0.3) is 0 Å². The van der Waals surface area contributed by atoms with Crippen molar-refractivity contribution in [1.82, 2.24) is 4.90 Å². The van der Waals surface area contributed by atoms with Crippen molar-refractivity contribution in [3.8, 4) is 0 Å². The van der Waals surface area contributed by atoms with Crippen LogP contribution in [0.5, 0.6) is 0 Å². The monoisotopic (exact) mass is 237 g/mol. The van der Waals surface area contributed by atoms with E-state index in [1.807, 2.05) is 35.2 Å². The largest absolute Gasteiger partial charge is 0.388 e. The van der Waals surface area contributed by atoms with Gasteiger partial charge >= 0.3 is 0 Å². The molecule has 0 radical (unpaired) electrons. The van der Waals surface area contributed by atoms with E-state index in [1.165, 1.54) is 0 Å². The van der Waals surface area contributed by atoms with Crippen molar-refractivity contribution in [2.45, 2.75) is 18.8 Å². The van der Waals surface area contributed by atoms with E-state index in [0.29, 0.717) is 19.6 Å². The predicted octanol–water partition coefficient (Wildman–Crippen LogP) is 0.761. The molecule has 0 aliphatic carbocycles. The minimum absolute atomic E-state index is 0.337. The van der Waals surface area contributed by atoms with Gasteiger partial charge in [0, 0.05) is 19.5 Å². The van der Waals surface area contributed by atoms with Crippen molar-refractivity contribution in [2.75, 3.05) is 26.3 Å². The number of rotatable bonds is 4. The lowest BCUT2D eigenvalue weighted by atomic mass is 10.1. The molecule has 0 spiro atoms. The van der Waals surface area contributed by atoms with Crippen LogP contribution < -0.4 is 0 Å². The van der Waals surface area contributed by atoms with Gasteiger partial charge in [-0.1, -0.05) is 30.3 Å². The highest BCUT2D eigenvalue weighted by atomic mass is 16.5. The summed E-state index contributed by atoms with van der Waals surface area (Å²) in [5.74, 6) is 0. The first-order valence-corrected chi connectivity index (χ1v) is 6.00. The Morgan fingerprint density at radius 3 is 2.41 bits per heavy atom. The normalized spacial score (nSPS) is 21.1. The molecule has 17 heavy (non-hydrogen) atoms. The highest BCUT2D eigenvalue weighted by molar-refractivity contribution is 5.17. The fourth-order valence-electron chi connectivity index (χ4n) is 2.04. The van der Waals surface area contributed by atoms with Crippen molar-refractivity contribution < 1.29 is 14.9 Å². The van der Waals surface area contributed by atoms with Gasteiger partial charge in [0.05, 0.1) is 19.3 Å². The Hall–Kier alpha value is -0.940. The average Bonchev–Trinajstić information content (AvgIpc) is 2.40. The van der Waals surface area contributed by atoms with E-state index in [4.69, 9.17) is 4.74 Å². The molecule has 0 aromatic heterocycles. The molecule has 0 amide bonds. The molecule has 1 saturated heterocycles. The molecule has 0 bridgehead atoms. The SMILES string of the molecule is OC(CC(O)N1CCOCC1)c1ccccc1. The third-order valence-corrected chi connectivity index (χ3v) is 3.09. The molecule has 0 saturated carbocycles. The quantitative estimate of drug-likeness (QED) is 0.812. The van der Waals surface area contributed by atoms with Gasteiger partial charge in [-0.05, 0) is 5.56 Å². The molecule has 1 aliphatic rings. The van der Waals surface area contributed by atoms with E-state index in [-0.39, 0.29) is 0 Å². The standard InChI is InChI=1S/C13H19NO3/c15-12(11-4-2-1-3-5-11)10-13(16)14-6-8-17-9-7-14/h1-5,12-13,15-16H,6-10H2. The van der Waals surface area contributed by atoms with E-state index in [0.717, 1.165) is 18.7 Å². The Kier molecular flexibility index (Phi) is 4.50. The second-order valence-corrected chi connectivity index (χ2v) is 4.29. The summed E-state index contributed by atoms with van der Waals surface area (Å²) >= 11 is 0. The Bertz CT molecular complexity index is 325. The number of aliphatic hydroxyl groups is 2. The Balaban J connectivity index is 1.87. The van der Waals surface area contributed by atoms with Gasteiger partial charge in [-0.15, -0.1) is 0 Å². The van der Waals surface area contributed by atoms with Gasteiger partial charge in [0.2, 0.25) is 0 Å². The van der Waals surface area contributed by atoms with Crippen LogP contribution >= 0.6 is 0 Å². The van der Waals surface area contributed by atoms with E-state index in [2.05, 4.69) is 0 Å². The van der Waals surface area contributed by atoms with Crippen LogP contribution in [0.1, 0.15) is 18.1 Å². The van der Waals surface area contributed by atoms with Gasteiger partial charge in [0.1, 0.15) is 6.23 Å². The minimum atomic E-state index is -0.617. The first-order valence-electron chi connectivity index (χ1n) is 6.00. The lowest BCUT2D eigenvalue weighted by molar-refractivity contribution is -0.0767. The van der Waals surface area contributed by atoms with Crippen LogP contribution in [-0.4, -0.2) is 47.6 Å². The molecular weight excluding hydrogens is 218 g/mol. The predicted molar refractivity (Wildman–Crippen MR) is 64.4 cm³/mol. The second kappa shape index (κ2) is 6.12. The van der Waals surface area contributed by atoms with Gasteiger partial charge in [-0.25, -0.2) is 0 Å². The molecule has 94 valence electrons. The fourth-order valence-corrected chi connectivity index (χ4v) is 2.04. The first kappa shape index (κ1) is 12.5. The number of aliphatic hydroxyl groups excluding tert-OH is 2. The van der Waals surface area contributed by atoms with E-state index < -0.39 is 12.3 Å². The summed E-state index contributed by atoms with van der Waals surface area (Å²) in [6, 6.07) is 9.43. The van der Waals surface area contributed by atoms with Crippen LogP contribution in [0.15, 0.2) is 30.3 Å². The van der Waals surface area contributed by atoms with Gasteiger partial charge in [-0.2, -0.15) is 0 Å². The Labute approximate surface area is 101 Å².